The van der Waals surface area contributed by atoms with Crippen LogP contribution in [0.15, 0.2) is 60.7 Å². The van der Waals surface area contributed by atoms with E-state index in [1.165, 1.54) is 0 Å². The SMILES string of the molecule is C[C@H](NC(=S)[C@H](Cc1ccccc1)NC(=O)OC(C)(C)C)c1ccccc1. The smallest absolute Gasteiger partial charge is 0.408 e. The molecule has 2 rings (SSSR count). The molecule has 0 heterocycles. The van der Waals surface area contributed by atoms with E-state index in [1.807, 2.05) is 81.4 Å². The van der Waals surface area contributed by atoms with Gasteiger partial charge in [0.05, 0.1) is 11.0 Å². The van der Waals surface area contributed by atoms with Crippen molar-refractivity contribution in [2.75, 3.05) is 0 Å². The molecule has 0 aliphatic heterocycles. The zero-order valence-corrected chi connectivity index (χ0v) is 17.2. The Labute approximate surface area is 167 Å². The summed E-state index contributed by atoms with van der Waals surface area (Å²) < 4.78 is 5.41. The highest BCUT2D eigenvalue weighted by molar-refractivity contribution is 7.80. The second-order valence-corrected chi connectivity index (χ2v) is 7.97. The van der Waals surface area contributed by atoms with E-state index in [0.717, 1.165) is 11.1 Å². The number of thiocarbonyl (C=S) groups is 1. The predicted octanol–water partition coefficient (Wildman–Crippen LogP) is 4.80. The Morgan fingerprint density at radius 1 is 1.00 bits per heavy atom. The molecule has 144 valence electrons. The van der Waals surface area contributed by atoms with Gasteiger partial charge in [0.15, 0.2) is 0 Å². The topological polar surface area (TPSA) is 50.4 Å². The van der Waals surface area contributed by atoms with Crippen LogP contribution >= 0.6 is 12.2 Å². The molecule has 0 unspecified atom stereocenters. The zero-order chi connectivity index (χ0) is 19.9. The zero-order valence-electron chi connectivity index (χ0n) is 16.4. The molecular formula is C22H28N2O2S. The Kier molecular flexibility index (Phi) is 7.36. The summed E-state index contributed by atoms with van der Waals surface area (Å²) in [6.45, 7) is 7.57. The van der Waals surface area contributed by atoms with E-state index in [4.69, 9.17) is 17.0 Å². The van der Waals surface area contributed by atoms with Gasteiger partial charge in [-0.3, -0.25) is 0 Å². The summed E-state index contributed by atoms with van der Waals surface area (Å²) in [6.07, 6.45) is 0.118. The summed E-state index contributed by atoms with van der Waals surface area (Å²) in [6, 6.07) is 19.7. The molecule has 1 amide bonds. The number of carbonyl (C=O) groups is 1. The van der Waals surface area contributed by atoms with Gasteiger partial charge in [-0.15, -0.1) is 0 Å². The van der Waals surface area contributed by atoms with Gasteiger partial charge in [-0.1, -0.05) is 72.9 Å². The second kappa shape index (κ2) is 9.51. The predicted molar refractivity (Wildman–Crippen MR) is 114 cm³/mol. The van der Waals surface area contributed by atoms with Crippen LogP contribution in [0.1, 0.15) is 44.9 Å². The van der Waals surface area contributed by atoms with Gasteiger partial charge in [0, 0.05) is 6.04 Å². The third-order valence-electron chi connectivity index (χ3n) is 3.95. The molecule has 2 N–H and O–H groups in total. The van der Waals surface area contributed by atoms with E-state index in [1.54, 1.807) is 0 Å². The van der Waals surface area contributed by atoms with E-state index < -0.39 is 11.7 Å². The van der Waals surface area contributed by atoms with Crippen LogP contribution in [0.3, 0.4) is 0 Å². The van der Waals surface area contributed by atoms with E-state index in [0.29, 0.717) is 11.4 Å². The maximum absolute atomic E-state index is 12.3. The van der Waals surface area contributed by atoms with E-state index in [2.05, 4.69) is 17.6 Å². The van der Waals surface area contributed by atoms with Crippen LogP contribution in [0, 0.1) is 0 Å². The molecule has 0 fully saturated rings. The van der Waals surface area contributed by atoms with Gasteiger partial charge in [0.2, 0.25) is 0 Å². The van der Waals surface area contributed by atoms with Crippen molar-refractivity contribution in [1.82, 2.24) is 10.6 Å². The third-order valence-corrected chi connectivity index (χ3v) is 4.35. The molecule has 2 atom stereocenters. The molecule has 2 aromatic carbocycles. The summed E-state index contributed by atoms with van der Waals surface area (Å²) in [4.78, 5) is 12.9. The highest BCUT2D eigenvalue weighted by atomic mass is 32.1. The standard InChI is InChI=1S/C22H28N2O2S/c1-16(18-13-9-6-10-14-18)23-20(27)19(15-17-11-7-5-8-12-17)24-21(25)26-22(2,3)4/h5-14,16,19H,15H2,1-4H3,(H,23,27)(H,24,25)/t16-,19-/m0/s1. The van der Waals surface area contributed by atoms with Crippen molar-refractivity contribution in [3.63, 3.8) is 0 Å². The van der Waals surface area contributed by atoms with Crippen LogP contribution in [0.2, 0.25) is 0 Å². The van der Waals surface area contributed by atoms with Crippen molar-refractivity contribution in [3.8, 4) is 0 Å². The largest absolute Gasteiger partial charge is 0.444 e. The summed E-state index contributed by atoms with van der Waals surface area (Å²) in [5.41, 5.74) is 1.67. The first-order valence-electron chi connectivity index (χ1n) is 9.13. The minimum atomic E-state index is -0.562. The Balaban J connectivity index is 2.10. The molecule has 4 nitrogen and oxygen atoms in total. The minimum Gasteiger partial charge on any atom is -0.444 e. The van der Waals surface area contributed by atoms with Crippen molar-refractivity contribution < 1.29 is 9.53 Å². The average Bonchev–Trinajstić information content (AvgIpc) is 2.61. The first-order chi connectivity index (χ1) is 12.7. The fourth-order valence-electron chi connectivity index (χ4n) is 2.65. The van der Waals surface area contributed by atoms with Crippen LogP contribution in [0.25, 0.3) is 0 Å². The second-order valence-electron chi connectivity index (χ2n) is 7.53. The van der Waals surface area contributed by atoms with Crippen LogP contribution in [-0.4, -0.2) is 22.7 Å². The number of carbonyl (C=O) groups excluding carboxylic acids is 1. The molecule has 0 aliphatic rings. The molecule has 0 radical (unpaired) electrons. The number of benzene rings is 2. The van der Waals surface area contributed by atoms with Gasteiger partial charge in [-0.2, -0.15) is 0 Å². The first-order valence-corrected chi connectivity index (χ1v) is 9.54. The lowest BCUT2D eigenvalue weighted by atomic mass is 10.0. The van der Waals surface area contributed by atoms with Gasteiger partial charge in [0.1, 0.15) is 5.60 Å². The lowest BCUT2D eigenvalue weighted by molar-refractivity contribution is 0.0518. The van der Waals surface area contributed by atoms with Gasteiger partial charge in [0.25, 0.3) is 0 Å². The third kappa shape index (κ3) is 7.39. The summed E-state index contributed by atoms with van der Waals surface area (Å²) in [5, 5.41) is 6.26. The summed E-state index contributed by atoms with van der Waals surface area (Å²) in [5.74, 6) is 0. The number of rotatable bonds is 6. The molecule has 5 heteroatoms. The molecule has 0 aliphatic carbocycles. The van der Waals surface area contributed by atoms with Gasteiger partial charge in [-0.05, 0) is 45.2 Å². The number of hydrogen-bond acceptors (Lipinski definition) is 3. The van der Waals surface area contributed by atoms with Gasteiger partial charge < -0.3 is 15.4 Å². The maximum Gasteiger partial charge on any atom is 0.408 e. The van der Waals surface area contributed by atoms with Crippen molar-refractivity contribution in [3.05, 3.63) is 71.8 Å². The lowest BCUT2D eigenvalue weighted by Crippen LogP contribution is -2.49. The molecule has 0 spiro atoms. The molecule has 0 saturated carbocycles. The molecule has 0 saturated heterocycles. The highest BCUT2D eigenvalue weighted by Gasteiger charge is 2.23. The van der Waals surface area contributed by atoms with E-state index in [-0.39, 0.29) is 12.1 Å². The summed E-state index contributed by atoms with van der Waals surface area (Å²) in [7, 11) is 0. The van der Waals surface area contributed by atoms with Gasteiger partial charge in [-0.25, -0.2) is 4.79 Å². The molecular weight excluding hydrogens is 356 g/mol. The molecule has 0 aromatic heterocycles. The summed E-state index contributed by atoms with van der Waals surface area (Å²) >= 11 is 5.63. The number of amides is 1. The fraction of sp³-hybridized carbons (Fsp3) is 0.364. The van der Waals surface area contributed by atoms with Crippen molar-refractivity contribution >= 4 is 23.3 Å². The highest BCUT2D eigenvalue weighted by Crippen LogP contribution is 2.14. The number of hydrogen-bond donors (Lipinski definition) is 2. The normalized spacial score (nSPS) is 13.3. The Morgan fingerprint density at radius 3 is 2.11 bits per heavy atom. The number of alkyl carbamates (subject to hydrolysis) is 1. The average molecular weight is 385 g/mol. The maximum atomic E-state index is 12.3. The molecule has 27 heavy (non-hydrogen) atoms. The van der Waals surface area contributed by atoms with Crippen molar-refractivity contribution in [2.45, 2.75) is 51.8 Å². The molecule has 0 bridgehead atoms. The van der Waals surface area contributed by atoms with Crippen LogP contribution in [-0.2, 0) is 11.2 Å². The molecule has 2 aromatic rings. The Hall–Kier alpha value is -2.40. The minimum absolute atomic E-state index is 0.0393. The van der Waals surface area contributed by atoms with Crippen LogP contribution < -0.4 is 10.6 Å². The number of nitrogens with one attached hydrogen (secondary N) is 2. The number of ether oxygens (including phenoxy) is 1. The van der Waals surface area contributed by atoms with E-state index >= 15 is 0 Å². The van der Waals surface area contributed by atoms with Crippen LogP contribution in [0.4, 0.5) is 4.79 Å². The van der Waals surface area contributed by atoms with Gasteiger partial charge >= 0.3 is 6.09 Å². The van der Waals surface area contributed by atoms with Crippen molar-refractivity contribution in [1.29, 1.82) is 0 Å². The quantitative estimate of drug-likeness (QED) is 0.703. The lowest BCUT2D eigenvalue weighted by Gasteiger charge is -2.26. The Bertz CT molecular complexity index is 742. The van der Waals surface area contributed by atoms with Crippen molar-refractivity contribution in [2.24, 2.45) is 0 Å². The Morgan fingerprint density at radius 2 is 1.56 bits per heavy atom. The monoisotopic (exact) mass is 384 g/mol. The van der Waals surface area contributed by atoms with E-state index in [9.17, 15) is 4.79 Å². The fourth-order valence-corrected chi connectivity index (χ4v) is 2.97. The first kappa shape index (κ1) is 20.9. The van der Waals surface area contributed by atoms with Crippen LogP contribution in [0.5, 0.6) is 0 Å².